The number of piperidine rings is 1. The lowest BCUT2D eigenvalue weighted by Crippen LogP contribution is -2.40. The first-order valence-corrected chi connectivity index (χ1v) is 12.6. The zero-order valence-corrected chi connectivity index (χ0v) is 20.4. The Morgan fingerprint density at radius 3 is 2.71 bits per heavy atom. The van der Waals surface area contributed by atoms with Crippen molar-refractivity contribution in [1.29, 1.82) is 0 Å². The molecule has 4 aromatic rings. The van der Waals surface area contributed by atoms with Crippen molar-refractivity contribution in [3.8, 4) is 11.4 Å². The fourth-order valence-corrected chi connectivity index (χ4v) is 5.65. The lowest BCUT2D eigenvalue weighted by Gasteiger charge is -2.38. The molecule has 0 spiro atoms. The van der Waals surface area contributed by atoms with E-state index in [0.29, 0.717) is 5.41 Å². The van der Waals surface area contributed by atoms with Crippen LogP contribution in [0.4, 0.5) is 16.0 Å². The standard InChI is InChI=1S/C28H31FN6/c1-28(2)14-6-15-33(19-28)26-11-4-9-22(31-26)24-18-30-25-12-13-27(32-35(24)25)34-16-5-10-23(34)20-7-3-8-21(29)17-20/h3-4,7-9,11-13,17-18,23H,5-6,10,14-16,19H2,1-2H3. The van der Waals surface area contributed by atoms with Crippen molar-refractivity contribution in [1.82, 2.24) is 19.6 Å². The number of rotatable bonds is 4. The van der Waals surface area contributed by atoms with Gasteiger partial charge in [-0.2, -0.15) is 0 Å². The highest BCUT2D eigenvalue weighted by Crippen LogP contribution is 2.36. The molecule has 1 aromatic carbocycles. The summed E-state index contributed by atoms with van der Waals surface area (Å²) in [6.45, 7) is 7.59. The van der Waals surface area contributed by atoms with Crippen molar-refractivity contribution >= 4 is 17.3 Å². The average Bonchev–Trinajstić information content (AvgIpc) is 3.51. The first kappa shape index (κ1) is 22.0. The molecule has 6 nitrogen and oxygen atoms in total. The first-order chi connectivity index (χ1) is 17.0. The molecular formula is C28H31FN6. The van der Waals surface area contributed by atoms with Gasteiger partial charge in [-0.15, -0.1) is 5.10 Å². The number of hydrogen-bond acceptors (Lipinski definition) is 5. The number of benzene rings is 1. The SMILES string of the molecule is CC1(C)CCCN(c2cccc(-c3cnc4ccc(N5CCCC5c5cccc(F)c5)nn34)n2)C1. The van der Waals surface area contributed by atoms with Gasteiger partial charge >= 0.3 is 0 Å². The normalized spacial score (nSPS) is 20.0. The number of halogens is 1. The number of pyridine rings is 1. The Balaban J connectivity index is 1.34. The monoisotopic (exact) mass is 470 g/mol. The quantitative estimate of drug-likeness (QED) is 0.372. The fraction of sp³-hybridized carbons (Fsp3) is 0.393. The van der Waals surface area contributed by atoms with Gasteiger partial charge in [0.05, 0.1) is 17.9 Å². The second-order valence-corrected chi connectivity index (χ2v) is 10.6. The summed E-state index contributed by atoms with van der Waals surface area (Å²) >= 11 is 0. The average molecular weight is 471 g/mol. The molecule has 0 N–H and O–H groups in total. The summed E-state index contributed by atoms with van der Waals surface area (Å²) in [5, 5.41) is 4.99. The maximum absolute atomic E-state index is 13.9. The van der Waals surface area contributed by atoms with Crippen LogP contribution in [0.2, 0.25) is 0 Å². The van der Waals surface area contributed by atoms with E-state index in [1.807, 2.05) is 35.0 Å². The number of nitrogens with zero attached hydrogens (tertiary/aromatic N) is 6. The third-order valence-electron chi connectivity index (χ3n) is 7.35. The summed E-state index contributed by atoms with van der Waals surface area (Å²) in [6.07, 6.45) is 6.31. The van der Waals surface area contributed by atoms with Crippen molar-refractivity contribution in [3.05, 3.63) is 72.2 Å². The van der Waals surface area contributed by atoms with Crippen LogP contribution in [0.15, 0.2) is 60.8 Å². The van der Waals surface area contributed by atoms with Gasteiger partial charge in [-0.05, 0) is 73.1 Å². The van der Waals surface area contributed by atoms with Gasteiger partial charge in [0.25, 0.3) is 0 Å². The molecule has 0 bridgehead atoms. The van der Waals surface area contributed by atoms with Crippen LogP contribution >= 0.6 is 0 Å². The Morgan fingerprint density at radius 2 is 1.86 bits per heavy atom. The second-order valence-electron chi connectivity index (χ2n) is 10.6. The number of aromatic nitrogens is 4. The molecule has 2 saturated heterocycles. The van der Waals surface area contributed by atoms with Gasteiger partial charge in [0, 0.05) is 19.6 Å². The smallest absolute Gasteiger partial charge is 0.154 e. The second kappa shape index (κ2) is 8.63. The maximum Gasteiger partial charge on any atom is 0.154 e. The molecule has 3 aromatic heterocycles. The number of hydrogen-bond donors (Lipinski definition) is 0. The Bertz CT molecular complexity index is 1360. The minimum atomic E-state index is -0.197. The molecule has 2 aliphatic rings. The van der Waals surface area contributed by atoms with Crippen LogP contribution in [0.5, 0.6) is 0 Å². The van der Waals surface area contributed by atoms with Crippen LogP contribution in [-0.2, 0) is 0 Å². The van der Waals surface area contributed by atoms with Crippen LogP contribution in [0.1, 0.15) is 51.1 Å². The molecule has 1 atom stereocenters. The van der Waals surface area contributed by atoms with E-state index < -0.39 is 0 Å². The zero-order valence-electron chi connectivity index (χ0n) is 20.4. The molecular weight excluding hydrogens is 439 g/mol. The Kier molecular flexibility index (Phi) is 5.43. The molecule has 5 heterocycles. The first-order valence-electron chi connectivity index (χ1n) is 12.6. The Morgan fingerprint density at radius 1 is 0.971 bits per heavy atom. The van der Waals surface area contributed by atoms with Crippen LogP contribution in [0.25, 0.3) is 17.0 Å². The molecule has 0 aliphatic carbocycles. The van der Waals surface area contributed by atoms with E-state index in [2.05, 4.69) is 40.8 Å². The van der Waals surface area contributed by atoms with Crippen LogP contribution in [-0.4, -0.2) is 39.2 Å². The molecule has 6 rings (SSSR count). The van der Waals surface area contributed by atoms with Crippen molar-refractivity contribution in [2.24, 2.45) is 5.41 Å². The molecule has 0 radical (unpaired) electrons. The predicted octanol–water partition coefficient (Wildman–Crippen LogP) is 5.90. The van der Waals surface area contributed by atoms with Crippen molar-refractivity contribution in [3.63, 3.8) is 0 Å². The van der Waals surface area contributed by atoms with Crippen molar-refractivity contribution in [2.45, 2.75) is 45.6 Å². The van der Waals surface area contributed by atoms with Gasteiger partial charge in [0.15, 0.2) is 5.65 Å². The van der Waals surface area contributed by atoms with Crippen molar-refractivity contribution in [2.75, 3.05) is 29.4 Å². The Hall–Kier alpha value is -3.48. The van der Waals surface area contributed by atoms with Crippen molar-refractivity contribution < 1.29 is 4.39 Å². The van der Waals surface area contributed by atoms with Gasteiger partial charge in [-0.25, -0.2) is 18.9 Å². The van der Waals surface area contributed by atoms with Gasteiger partial charge < -0.3 is 9.80 Å². The van der Waals surface area contributed by atoms with E-state index in [4.69, 9.17) is 10.1 Å². The highest BCUT2D eigenvalue weighted by molar-refractivity contribution is 5.62. The van der Waals surface area contributed by atoms with E-state index in [1.54, 1.807) is 12.1 Å². The lowest BCUT2D eigenvalue weighted by atomic mass is 9.84. The molecule has 7 heteroatoms. The zero-order chi connectivity index (χ0) is 24.0. The number of imidazole rings is 1. The van der Waals surface area contributed by atoms with Gasteiger partial charge in [-0.1, -0.05) is 32.0 Å². The highest BCUT2D eigenvalue weighted by atomic mass is 19.1. The summed E-state index contributed by atoms with van der Waals surface area (Å²) in [5.74, 6) is 1.68. The summed E-state index contributed by atoms with van der Waals surface area (Å²) in [7, 11) is 0. The molecule has 2 fully saturated rings. The molecule has 0 saturated carbocycles. The van der Waals surface area contributed by atoms with E-state index in [-0.39, 0.29) is 11.9 Å². The van der Waals surface area contributed by atoms with Crippen LogP contribution < -0.4 is 9.80 Å². The number of fused-ring (bicyclic) bond motifs is 1. The summed E-state index contributed by atoms with van der Waals surface area (Å²) < 4.78 is 15.8. The van der Waals surface area contributed by atoms with E-state index in [9.17, 15) is 4.39 Å². The lowest BCUT2D eigenvalue weighted by molar-refractivity contribution is 0.292. The number of anilines is 2. The van der Waals surface area contributed by atoms with Crippen LogP contribution in [0, 0.1) is 11.2 Å². The highest BCUT2D eigenvalue weighted by Gasteiger charge is 2.29. The van der Waals surface area contributed by atoms with E-state index in [0.717, 1.165) is 66.7 Å². The fourth-order valence-electron chi connectivity index (χ4n) is 5.65. The van der Waals surface area contributed by atoms with Crippen LogP contribution in [0.3, 0.4) is 0 Å². The van der Waals surface area contributed by atoms with E-state index >= 15 is 0 Å². The molecule has 0 amide bonds. The van der Waals surface area contributed by atoms with Gasteiger partial charge in [0.2, 0.25) is 0 Å². The topological polar surface area (TPSA) is 49.6 Å². The third kappa shape index (κ3) is 4.24. The molecule has 35 heavy (non-hydrogen) atoms. The summed E-state index contributed by atoms with van der Waals surface area (Å²) in [4.78, 5) is 14.3. The van der Waals surface area contributed by atoms with E-state index in [1.165, 1.54) is 18.9 Å². The largest absolute Gasteiger partial charge is 0.356 e. The van der Waals surface area contributed by atoms with Gasteiger partial charge in [0.1, 0.15) is 23.1 Å². The minimum absolute atomic E-state index is 0.117. The molecule has 180 valence electrons. The molecule has 1 unspecified atom stereocenters. The summed E-state index contributed by atoms with van der Waals surface area (Å²) in [6, 6.07) is 17.3. The van der Waals surface area contributed by atoms with Gasteiger partial charge in [-0.3, -0.25) is 0 Å². The third-order valence-corrected chi connectivity index (χ3v) is 7.35. The Labute approximate surface area is 205 Å². The maximum atomic E-state index is 13.9. The minimum Gasteiger partial charge on any atom is -0.356 e. The molecule has 2 aliphatic heterocycles. The predicted molar refractivity (Wildman–Crippen MR) is 137 cm³/mol. The summed E-state index contributed by atoms with van der Waals surface area (Å²) in [5.41, 5.74) is 3.82.